The average Bonchev–Trinajstić information content (AvgIpc) is 2.82. The van der Waals surface area contributed by atoms with E-state index < -0.39 is 0 Å². The van der Waals surface area contributed by atoms with Gasteiger partial charge in [-0.2, -0.15) is 11.8 Å². The third-order valence-electron chi connectivity index (χ3n) is 2.80. The van der Waals surface area contributed by atoms with E-state index in [1.807, 2.05) is 36.2 Å². The molecule has 88 valence electrons. The Labute approximate surface area is 113 Å². The summed E-state index contributed by atoms with van der Waals surface area (Å²) in [6.45, 7) is 0. The van der Waals surface area contributed by atoms with Gasteiger partial charge in [0.2, 0.25) is 5.95 Å². The monoisotopic (exact) mass is 309 g/mol. The van der Waals surface area contributed by atoms with Gasteiger partial charge in [-0.05, 0) is 30.4 Å². The van der Waals surface area contributed by atoms with Gasteiger partial charge in [0.15, 0.2) is 0 Å². The van der Waals surface area contributed by atoms with Crippen LogP contribution in [-0.4, -0.2) is 27.5 Å². The fraction of sp³-hybridized carbons (Fsp3) is 0.333. The Kier molecular flexibility index (Phi) is 3.20. The van der Waals surface area contributed by atoms with Crippen LogP contribution < -0.4 is 5.32 Å². The number of fused-ring (bicyclic) bond motifs is 1. The highest BCUT2D eigenvalue weighted by molar-refractivity contribution is 9.10. The normalized spacial score (nSPS) is 19.7. The van der Waals surface area contributed by atoms with Crippen LogP contribution in [0.1, 0.15) is 6.42 Å². The highest BCUT2D eigenvalue weighted by Crippen LogP contribution is 2.22. The number of benzene rings is 1. The van der Waals surface area contributed by atoms with Gasteiger partial charge in [0.25, 0.3) is 0 Å². The Hall–Kier alpha value is -0.810. The first-order valence-corrected chi connectivity index (χ1v) is 7.52. The van der Waals surface area contributed by atoms with E-state index >= 15 is 0 Å². The molecule has 3 rings (SSSR count). The van der Waals surface area contributed by atoms with Crippen molar-refractivity contribution in [1.29, 1.82) is 0 Å². The summed E-state index contributed by atoms with van der Waals surface area (Å²) < 4.78 is 1.06. The standard InChI is InChI=1S/C12H12BrN3S/c13-9-1-2-11-8(5-9)6-14-12(16-11)15-10-3-4-17-7-10/h1-2,5-6,10H,3-4,7H2,(H,14,15,16). The highest BCUT2D eigenvalue weighted by Gasteiger charge is 2.15. The molecule has 0 amide bonds. The van der Waals surface area contributed by atoms with Crippen LogP contribution in [0.5, 0.6) is 0 Å². The molecule has 5 heteroatoms. The summed E-state index contributed by atoms with van der Waals surface area (Å²) in [7, 11) is 0. The van der Waals surface area contributed by atoms with Crippen LogP contribution in [0.3, 0.4) is 0 Å². The first-order chi connectivity index (χ1) is 8.31. The van der Waals surface area contributed by atoms with Gasteiger partial charge in [-0.15, -0.1) is 0 Å². The summed E-state index contributed by atoms with van der Waals surface area (Å²) in [6.07, 6.45) is 3.07. The van der Waals surface area contributed by atoms with Crippen LogP contribution in [0.4, 0.5) is 5.95 Å². The van der Waals surface area contributed by atoms with E-state index in [1.165, 1.54) is 12.2 Å². The highest BCUT2D eigenvalue weighted by atomic mass is 79.9. The van der Waals surface area contributed by atoms with Gasteiger partial charge >= 0.3 is 0 Å². The van der Waals surface area contributed by atoms with Crippen molar-refractivity contribution >= 4 is 44.5 Å². The number of hydrogen-bond acceptors (Lipinski definition) is 4. The molecule has 0 saturated carbocycles. The maximum Gasteiger partial charge on any atom is 0.223 e. The zero-order valence-corrected chi connectivity index (χ0v) is 11.6. The van der Waals surface area contributed by atoms with Crippen LogP contribution in [0, 0.1) is 0 Å². The van der Waals surface area contributed by atoms with E-state index in [0.717, 1.165) is 27.1 Å². The van der Waals surface area contributed by atoms with Crippen molar-refractivity contribution < 1.29 is 0 Å². The zero-order valence-electron chi connectivity index (χ0n) is 9.19. The smallest absolute Gasteiger partial charge is 0.223 e. The first-order valence-electron chi connectivity index (χ1n) is 5.58. The summed E-state index contributed by atoms with van der Waals surface area (Å²) in [5, 5.41) is 4.45. The maximum absolute atomic E-state index is 4.53. The number of thioether (sulfide) groups is 1. The first kappa shape index (κ1) is 11.3. The molecule has 1 N–H and O–H groups in total. The van der Waals surface area contributed by atoms with E-state index in [2.05, 4.69) is 31.2 Å². The Balaban J connectivity index is 1.88. The van der Waals surface area contributed by atoms with E-state index in [1.54, 1.807) is 0 Å². The van der Waals surface area contributed by atoms with Gasteiger partial charge in [0.05, 0.1) is 5.52 Å². The summed E-state index contributed by atoms with van der Waals surface area (Å²) in [5.74, 6) is 3.13. The molecule has 1 saturated heterocycles. The molecule has 0 aliphatic carbocycles. The predicted molar refractivity (Wildman–Crippen MR) is 76.6 cm³/mol. The third-order valence-corrected chi connectivity index (χ3v) is 4.46. The second-order valence-electron chi connectivity index (χ2n) is 4.10. The number of rotatable bonds is 2. The van der Waals surface area contributed by atoms with Crippen molar-refractivity contribution in [3.63, 3.8) is 0 Å². The molecule has 0 bridgehead atoms. The van der Waals surface area contributed by atoms with Crippen LogP contribution >= 0.6 is 27.7 Å². The van der Waals surface area contributed by atoms with Gasteiger partial charge in [0.1, 0.15) is 0 Å². The molecule has 2 aromatic rings. The van der Waals surface area contributed by atoms with E-state index in [9.17, 15) is 0 Å². The minimum Gasteiger partial charge on any atom is -0.351 e. The molecule has 1 aliphatic heterocycles. The molecule has 1 aliphatic rings. The number of nitrogens with one attached hydrogen (secondary N) is 1. The molecule has 1 atom stereocenters. The molecule has 3 nitrogen and oxygen atoms in total. The minimum absolute atomic E-state index is 0.521. The van der Waals surface area contributed by atoms with Crippen molar-refractivity contribution in [2.75, 3.05) is 16.8 Å². The predicted octanol–water partition coefficient (Wildman–Crippen LogP) is 3.31. The van der Waals surface area contributed by atoms with Gasteiger partial charge in [0, 0.05) is 27.9 Å². The summed E-state index contributed by atoms with van der Waals surface area (Å²) in [6, 6.07) is 6.57. The van der Waals surface area contributed by atoms with Crippen molar-refractivity contribution in [2.45, 2.75) is 12.5 Å². The fourth-order valence-corrected chi connectivity index (χ4v) is 3.44. The summed E-state index contributed by atoms with van der Waals surface area (Å²) in [5.41, 5.74) is 0.983. The second kappa shape index (κ2) is 4.82. The largest absolute Gasteiger partial charge is 0.351 e. The maximum atomic E-state index is 4.53. The van der Waals surface area contributed by atoms with Gasteiger partial charge in [-0.25, -0.2) is 9.97 Å². The Morgan fingerprint density at radius 3 is 3.18 bits per heavy atom. The quantitative estimate of drug-likeness (QED) is 0.923. The Morgan fingerprint density at radius 1 is 1.41 bits per heavy atom. The SMILES string of the molecule is Brc1ccc2nc(NC3CCSC3)ncc2c1. The van der Waals surface area contributed by atoms with Crippen molar-refractivity contribution in [3.05, 3.63) is 28.9 Å². The van der Waals surface area contributed by atoms with Crippen LogP contribution in [0.25, 0.3) is 10.9 Å². The molecule has 0 radical (unpaired) electrons. The third kappa shape index (κ3) is 2.55. The second-order valence-corrected chi connectivity index (χ2v) is 6.17. The number of hydrogen-bond donors (Lipinski definition) is 1. The minimum atomic E-state index is 0.521. The lowest BCUT2D eigenvalue weighted by molar-refractivity contribution is 0.800. The van der Waals surface area contributed by atoms with Crippen LogP contribution in [0.15, 0.2) is 28.9 Å². The van der Waals surface area contributed by atoms with E-state index in [-0.39, 0.29) is 0 Å². The van der Waals surface area contributed by atoms with E-state index in [4.69, 9.17) is 0 Å². The molecule has 1 fully saturated rings. The summed E-state index contributed by atoms with van der Waals surface area (Å²) in [4.78, 5) is 8.89. The molecule has 1 aromatic carbocycles. The number of nitrogens with zero attached hydrogens (tertiary/aromatic N) is 2. The molecular weight excluding hydrogens is 298 g/mol. The molecule has 1 aromatic heterocycles. The number of aromatic nitrogens is 2. The molecular formula is C12H12BrN3S. The topological polar surface area (TPSA) is 37.8 Å². The lowest BCUT2D eigenvalue weighted by Crippen LogP contribution is -2.19. The molecule has 0 spiro atoms. The molecule has 17 heavy (non-hydrogen) atoms. The number of halogens is 1. The zero-order chi connectivity index (χ0) is 11.7. The van der Waals surface area contributed by atoms with Crippen molar-refractivity contribution in [3.8, 4) is 0 Å². The average molecular weight is 310 g/mol. The lowest BCUT2D eigenvalue weighted by Gasteiger charge is -2.11. The Bertz CT molecular complexity index is 540. The van der Waals surface area contributed by atoms with Crippen molar-refractivity contribution in [1.82, 2.24) is 9.97 Å². The van der Waals surface area contributed by atoms with E-state index in [0.29, 0.717) is 6.04 Å². The van der Waals surface area contributed by atoms with Gasteiger partial charge in [-0.3, -0.25) is 0 Å². The molecule has 1 unspecified atom stereocenters. The number of anilines is 1. The van der Waals surface area contributed by atoms with Crippen LogP contribution in [-0.2, 0) is 0 Å². The fourth-order valence-electron chi connectivity index (χ4n) is 1.90. The Morgan fingerprint density at radius 2 is 2.35 bits per heavy atom. The van der Waals surface area contributed by atoms with Crippen LogP contribution in [0.2, 0.25) is 0 Å². The van der Waals surface area contributed by atoms with Crippen molar-refractivity contribution in [2.24, 2.45) is 0 Å². The summed E-state index contributed by atoms with van der Waals surface area (Å²) >= 11 is 5.43. The van der Waals surface area contributed by atoms with Gasteiger partial charge in [-0.1, -0.05) is 15.9 Å². The lowest BCUT2D eigenvalue weighted by atomic mass is 10.2. The van der Waals surface area contributed by atoms with Gasteiger partial charge < -0.3 is 5.32 Å². The molecule has 2 heterocycles.